The maximum absolute atomic E-state index is 13.2. The van der Waals surface area contributed by atoms with Gasteiger partial charge < -0.3 is 9.88 Å². The number of aromatic nitrogens is 1. The van der Waals surface area contributed by atoms with E-state index in [4.69, 9.17) is 0 Å². The third-order valence-electron chi connectivity index (χ3n) is 5.27. The Morgan fingerprint density at radius 2 is 1.68 bits per heavy atom. The molecule has 2 aromatic rings. The Hall–Kier alpha value is -2.36. The van der Waals surface area contributed by atoms with Gasteiger partial charge in [0, 0.05) is 18.3 Å². The van der Waals surface area contributed by atoms with Crippen LogP contribution in [0.1, 0.15) is 58.1 Å². The van der Waals surface area contributed by atoms with Gasteiger partial charge in [-0.25, -0.2) is 0 Å². The zero-order valence-corrected chi connectivity index (χ0v) is 15.5. The number of rotatable bonds is 5. The number of hydrogen-bond donors (Lipinski definition) is 1. The summed E-state index contributed by atoms with van der Waals surface area (Å²) in [7, 11) is 0. The van der Waals surface area contributed by atoms with Gasteiger partial charge in [0.25, 0.3) is 11.5 Å². The van der Waals surface area contributed by atoms with Gasteiger partial charge in [0.1, 0.15) is 5.56 Å². The summed E-state index contributed by atoms with van der Waals surface area (Å²) in [5.74, 6) is -0.149. The van der Waals surface area contributed by atoms with Crippen molar-refractivity contribution in [1.29, 1.82) is 0 Å². The third kappa shape index (κ3) is 3.53. The summed E-state index contributed by atoms with van der Waals surface area (Å²) in [5, 5.41) is 0. The predicted octanol–water partition coefficient (Wildman–Crippen LogP) is 3.67. The first kappa shape index (κ1) is 17.5. The minimum atomic E-state index is -0.280. The molecule has 4 nitrogen and oxygen atoms in total. The van der Waals surface area contributed by atoms with Gasteiger partial charge >= 0.3 is 0 Å². The molecule has 1 fully saturated rings. The van der Waals surface area contributed by atoms with Crippen molar-refractivity contribution in [2.75, 3.05) is 0 Å². The summed E-state index contributed by atoms with van der Waals surface area (Å²) in [5.41, 5.74) is 5.00. The van der Waals surface area contributed by atoms with Crippen molar-refractivity contribution in [2.45, 2.75) is 59.5 Å². The highest BCUT2D eigenvalue weighted by atomic mass is 16.2. The number of aromatic amines is 1. The molecular weight excluding hydrogens is 312 g/mol. The van der Waals surface area contributed by atoms with Crippen molar-refractivity contribution in [3.63, 3.8) is 0 Å². The minimum Gasteiger partial charge on any atom is -0.331 e. The molecule has 0 aliphatic heterocycles. The molecule has 0 spiro atoms. The van der Waals surface area contributed by atoms with Gasteiger partial charge in [-0.2, -0.15) is 0 Å². The number of carbonyl (C=O) groups excluding carboxylic acids is 1. The standard InChI is InChI=1S/C21H26N2O2/c1-5-16-6-8-17(9-7-16)12-23(18-10-11-18)21(25)19-14(3)13(2)15(4)22-20(19)24/h6-9,18H,5,10-12H2,1-4H3,(H,22,24). The predicted molar refractivity (Wildman–Crippen MR) is 100.0 cm³/mol. The maximum Gasteiger partial charge on any atom is 0.261 e. The number of pyridine rings is 1. The summed E-state index contributed by atoms with van der Waals surface area (Å²) in [4.78, 5) is 30.3. The van der Waals surface area contributed by atoms with Crippen molar-refractivity contribution < 1.29 is 4.79 Å². The lowest BCUT2D eigenvalue weighted by atomic mass is 10.0. The lowest BCUT2D eigenvalue weighted by Gasteiger charge is -2.24. The van der Waals surface area contributed by atoms with Crippen LogP contribution in [0.2, 0.25) is 0 Å². The summed E-state index contributed by atoms with van der Waals surface area (Å²) in [6.45, 7) is 8.36. The Labute approximate surface area is 148 Å². The van der Waals surface area contributed by atoms with Crippen LogP contribution in [0, 0.1) is 20.8 Å². The zero-order valence-electron chi connectivity index (χ0n) is 15.5. The zero-order chi connectivity index (χ0) is 18.1. The van der Waals surface area contributed by atoms with Gasteiger partial charge in [-0.15, -0.1) is 0 Å². The van der Waals surface area contributed by atoms with E-state index in [0.29, 0.717) is 12.1 Å². The molecule has 0 saturated heterocycles. The smallest absolute Gasteiger partial charge is 0.261 e. The number of benzene rings is 1. The van der Waals surface area contributed by atoms with E-state index >= 15 is 0 Å². The molecule has 1 heterocycles. The lowest BCUT2D eigenvalue weighted by molar-refractivity contribution is 0.0727. The number of H-pyrrole nitrogens is 1. The van der Waals surface area contributed by atoms with E-state index in [1.165, 1.54) is 5.56 Å². The van der Waals surface area contributed by atoms with Crippen LogP contribution in [0.3, 0.4) is 0 Å². The van der Waals surface area contributed by atoms with Crippen LogP contribution in [-0.2, 0) is 13.0 Å². The Balaban J connectivity index is 1.92. The first-order valence-corrected chi connectivity index (χ1v) is 9.01. The van der Waals surface area contributed by atoms with Crippen LogP contribution < -0.4 is 5.56 Å². The second-order valence-electron chi connectivity index (χ2n) is 7.04. The fraction of sp³-hybridized carbons (Fsp3) is 0.429. The van der Waals surface area contributed by atoms with Crippen LogP contribution in [0.25, 0.3) is 0 Å². The second kappa shape index (κ2) is 6.87. The number of aryl methyl sites for hydroxylation is 2. The molecule has 25 heavy (non-hydrogen) atoms. The quantitative estimate of drug-likeness (QED) is 0.904. The first-order valence-electron chi connectivity index (χ1n) is 9.01. The van der Waals surface area contributed by atoms with E-state index in [0.717, 1.165) is 41.6 Å². The molecule has 1 N–H and O–H groups in total. The van der Waals surface area contributed by atoms with E-state index < -0.39 is 0 Å². The van der Waals surface area contributed by atoms with Gasteiger partial charge in [0.15, 0.2) is 0 Å². The van der Waals surface area contributed by atoms with Gasteiger partial charge in [-0.3, -0.25) is 9.59 Å². The lowest BCUT2D eigenvalue weighted by Crippen LogP contribution is -2.37. The summed E-state index contributed by atoms with van der Waals surface area (Å²) < 4.78 is 0. The van der Waals surface area contributed by atoms with Crippen molar-refractivity contribution in [3.8, 4) is 0 Å². The monoisotopic (exact) mass is 338 g/mol. The third-order valence-corrected chi connectivity index (χ3v) is 5.27. The van der Waals surface area contributed by atoms with Gasteiger partial charge in [0.05, 0.1) is 0 Å². The number of amides is 1. The molecule has 0 unspecified atom stereocenters. The van der Waals surface area contributed by atoms with Crippen LogP contribution in [0.15, 0.2) is 29.1 Å². The molecule has 0 radical (unpaired) electrons. The van der Waals surface area contributed by atoms with E-state index in [1.807, 2.05) is 25.7 Å². The van der Waals surface area contributed by atoms with E-state index in [9.17, 15) is 9.59 Å². The van der Waals surface area contributed by atoms with E-state index in [1.54, 1.807) is 0 Å². The number of nitrogens with zero attached hydrogens (tertiary/aromatic N) is 1. The molecule has 1 aromatic heterocycles. The molecule has 1 aliphatic carbocycles. The average molecular weight is 338 g/mol. The highest BCUT2D eigenvalue weighted by Gasteiger charge is 2.35. The van der Waals surface area contributed by atoms with Gasteiger partial charge in [-0.05, 0) is 62.3 Å². The second-order valence-corrected chi connectivity index (χ2v) is 7.04. The fourth-order valence-electron chi connectivity index (χ4n) is 3.20. The molecule has 1 aromatic carbocycles. The van der Waals surface area contributed by atoms with Crippen LogP contribution >= 0.6 is 0 Å². The van der Waals surface area contributed by atoms with Crippen LogP contribution in [0.5, 0.6) is 0 Å². The summed E-state index contributed by atoms with van der Waals surface area (Å²) in [6.07, 6.45) is 3.03. The first-order chi connectivity index (χ1) is 11.9. The van der Waals surface area contributed by atoms with Crippen molar-refractivity contribution in [3.05, 3.63) is 68.1 Å². The van der Waals surface area contributed by atoms with Crippen molar-refractivity contribution >= 4 is 5.91 Å². The van der Waals surface area contributed by atoms with Gasteiger partial charge in [-0.1, -0.05) is 31.2 Å². The number of carbonyl (C=O) groups is 1. The molecule has 4 heteroatoms. The Bertz CT molecular complexity index is 845. The normalized spacial score (nSPS) is 13.8. The Morgan fingerprint density at radius 1 is 1.08 bits per heavy atom. The van der Waals surface area contributed by atoms with Crippen LogP contribution in [-0.4, -0.2) is 21.8 Å². The van der Waals surface area contributed by atoms with Gasteiger partial charge in [0.2, 0.25) is 0 Å². The Kier molecular flexibility index (Phi) is 4.80. The largest absolute Gasteiger partial charge is 0.331 e. The number of nitrogens with one attached hydrogen (secondary N) is 1. The number of hydrogen-bond acceptors (Lipinski definition) is 2. The van der Waals surface area contributed by atoms with Crippen molar-refractivity contribution in [1.82, 2.24) is 9.88 Å². The van der Waals surface area contributed by atoms with Crippen LogP contribution in [0.4, 0.5) is 0 Å². The summed E-state index contributed by atoms with van der Waals surface area (Å²) >= 11 is 0. The molecule has 132 valence electrons. The van der Waals surface area contributed by atoms with Crippen molar-refractivity contribution in [2.24, 2.45) is 0 Å². The highest BCUT2D eigenvalue weighted by molar-refractivity contribution is 5.96. The Morgan fingerprint density at radius 3 is 2.24 bits per heavy atom. The molecule has 0 bridgehead atoms. The maximum atomic E-state index is 13.2. The highest BCUT2D eigenvalue weighted by Crippen LogP contribution is 2.30. The topological polar surface area (TPSA) is 53.2 Å². The molecule has 3 rings (SSSR count). The SMILES string of the molecule is CCc1ccc(CN(C(=O)c2c(C)c(C)c(C)[nH]c2=O)C2CC2)cc1. The fourth-order valence-corrected chi connectivity index (χ4v) is 3.20. The average Bonchev–Trinajstić information content (AvgIpc) is 3.43. The van der Waals surface area contributed by atoms with E-state index in [-0.39, 0.29) is 17.5 Å². The van der Waals surface area contributed by atoms with E-state index in [2.05, 4.69) is 36.2 Å². The summed E-state index contributed by atoms with van der Waals surface area (Å²) in [6, 6.07) is 8.63. The molecule has 0 atom stereocenters. The minimum absolute atomic E-state index is 0.149. The molecule has 1 amide bonds. The molecular formula is C21H26N2O2. The molecule has 1 aliphatic rings. The molecule has 1 saturated carbocycles.